The number of hydrogen-bond acceptors (Lipinski definition) is 5. The predicted octanol–water partition coefficient (Wildman–Crippen LogP) is 1.72. The Morgan fingerprint density at radius 2 is 2.00 bits per heavy atom. The van der Waals surface area contributed by atoms with Crippen LogP contribution in [0.15, 0.2) is 18.3 Å². The van der Waals surface area contributed by atoms with E-state index in [4.69, 9.17) is 5.73 Å². The van der Waals surface area contributed by atoms with Gasteiger partial charge in [-0.25, -0.2) is 0 Å². The second kappa shape index (κ2) is 7.28. The molecule has 2 saturated carbocycles. The summed E-state index contributed by atoms with van der Waals surface area (Å²) in [5.41, 5.74) is 6.36. The van der Waals surface area contributed by atoms with E-state index in [0.29, 0.717) is 17.9 Å². The van der Waals surface area contributed by atoms with Crippen LogP contribution < -0.4 is 16.0 Å². The fourth-order valence-corrected chi connectivity index (χ4v) is 5.09. The van der Waals surface area contributed by atoms with Crippen molar-refractivity contribution in [2.75, 3.05) is 18.0 Å². The molecule has 3 N–H and O–H groups in total. The average molecular weight is 343 g/mol. The topological polar surface area (TPSA) is 84.1 Å². The van der Waals surface area contributed by atoms with Gasteiger partial charge in [0.05, 0.1) is 0 Å². The van der Waals surface area contributed by atoms with Crippen LogP contribution in [0.1, 0.15) is 44.9 Å². The molecule has 1 aliphatic heterocycles. The second-order valence-corrected chi connectivity index (χ2v) is 8.07. The van der Waals surface area contributed by atoms with E-state index < -0.39 is 0 Å². The summed E-state index contributed by atoms with van der Waals surface area (Å²) in [6.45, 7) is 1.80. The van der Waals surface area contributed by atoms with E-state index in [1.165, 1.54) is 19.3 Å². The molecule has 3 aliphatic rings. The summed E-state index contributed by atoms with van der Waals surface area (Å²) in [4.78, 5) is 15.1. The minimum absolute atomic E-state index is 0.155. The summed E-state index contributed by atoms with van der Waals surface area (Å²) in [7, 11) is 0. The van der Waals surface area contributed by atoms with Crippen molar-refractivity contribution < 1.29 is 4.79 Å². The molecule has 3 fully saturated rings. The lowest BCUT2D eigenvalue weighted by Crippen LogP contribution is -2.53. The third-order valence-electron chi connectivity index (χ3n) is 6.43. The van der Waals surface area contributed by atoms with Gasteiger partial charge in [-0.3, -0.25) is 4.79 Å². The van der Waals surface area contributed by atoms with Crippen LogP contribution in [0, 0.1) is 17.8 Å². The van der Waals surface area contributed by atoms with Crippen LogP contribution in [0.2, 0.25) is 0 Å². The van der Waals surface area contributed by atoms with Crippen molar-refractivity contribution in [3.05, 3.63) is 18.3 Å². The van der Waals surface area contributed by atoms with E-state index in [0.717, 1.165) is 44.6 Å². The van der Waals surface area contributed by atoms with Crippen molar-refractivity contribution in [2.24, 2.45) is 23.5 Å². The number of fused-ring (bicyclic) bond motifs is 2. The van der Waals surface area contributed by atoms with Crippen molar-refractivity contribution >= 4 is 11.7 Å². The minimum Gasteiger partial charge on any atom is -0.353 e. The first kappa shape index (κ1) is 16.8. The molecule has 2 heterocycles. The maximum atomic E-state index is 12.8. The number of rotatable bonds is 3. The highest BCUT2D eigenvalue weighted by Gasteiger charge is 2.41. The number of nitrogens with zero attached hydrogens (tertiary/aromatic N) is 3. The van der Waals surface area contributed by atoms with E-state index >= 15 is 0 Å². The number of hydrogen-bond donors (Lipinski definition) is 2. The van der Waals surface area contributed by atoms with Crippen molar-refractivity contribution in [2.45, 2.75) is 57.0 Å². The zero-order valence-corrected chi connectivity index (χ0v) is 14.8. The molecular formula is C19H29N5O. The monoisotopic (exact) mass is 343 g/mol. The fraction of sp³-hybridized carbons (Fsp3) is 0.737. The Balaban J connectivity index is 1.34. The van der Waals surface area contributed by atoms with Gasteiger partial charge in [-0.2, -0.15) is 5.10 Å². The van der Waals surface area contributed by atoms with Gasteiger partial charge in [0.1, 0.15) is 0 Å². The first-order valence-corrected chi connectivity index (χ1v) is 9.79. The zero-order chi connectivity index (χ0) is 17.2. The van der Waals surface area contributed by atoms with Crippen LogP contribution in [0.4, 0.5) is 5.82 Å². The van der Waals surface area contributed by atoms with Crippen LogP contribution in [0.3, 0.4) is 0 Å². The number of aromatic nitrogens is 2. The molecule has 2 aliphatic carbocycles. The van der Waals surface area contributed by atoms with Crippen LogP contribution in [0.25, 0.3) is 0 Å². The second-order valence-electron chi connectivity index (χ2n) is 8.07. The van der Waals surface area contributed by atoms with Gasteiger partial charge in [0.2, 0.25) is 5.91 Å². The minimum atomic E-state index is 0.155. The quantitative estimate of drug-likeness (QED) is 0.873. The number of nitrogens with one attached hydrogen (secondary N) is 1. The molecular weight excluding hydrogens is 314 g/mol. The zero-order valence-electron chi connectivity index (χ0n) is 14.8. The Bertz CT molecular complexity index is 581. The van der Waals surface area contributed by atoms with E-state index in [2.05, 4.69) is 20.4 Å². The van der Waals surface area contributed by atoms with Crippen molar-refractivity contribution in [1.82, 2.24) is 15.5 Å². The molecule has 6 heteroatoms. The van der Waals surface area contributed by atoms with Gasteiger partial charge in [-0.15, -0.1) is 5.10 Å². The molecule has 6 nitrogen and oxygen atoms in total. The number of amides is 1. The van der Waals surface area contributed by atoms with Crippen LogP contribution >= 0.6 is 0 Å². The first-order valence-electron chi connectivity index (χ1n) is 9.79. The van der Waals surface area contributed by atoms with E-state index in [9.17, 15) is 4.79 Å². The standard InChI is InChI=1S/C19H29N5O/c20-18-13-4-1-5-14(18)11-15(10-13)19(25)22-16-6-3-9-24(12-16)17-7-2-8-21-23-17/h2,7-8,13-16,18H,1,3-6,9-12,20H2,(H,22,25). The molecule has 3 unspecified atom stereocenters. The molecule has 1 amide bonds. The average Bonchev–Trinajstić information content (AvgIpc) is 2.62. The largest absolute Gasteiger partial charge is 0.353 e. The summed E-state index contributed by atoms with van der Waals surface area (Å²) in [6, 6.07) is 4.42. The third-order valence-corrected chi connectivity index (χ3v) is 6.43. The Morgan fingerprint density at radius 1 is 1.20 bits per heavy atom. The highest BCUT2D eigenvalue weighted by atomic mass is 16.2. The first-order chi connectivity index (χ1) is 12.2. The van der Waals surface area contributed by atoms with E-state index in [1.54, 1.807) is 6.20 Å². The number of nitrogens with two attached hydrogens (primary N) is 1. The van der Waals surface area contributed by atoms with E-state index in [1.807, 2.05) is 12.1 Å². The lowest BCUT2D eigenvalue weighted by Gasteiger charge is -2.44. The van der Waals surface area contributed by atoms with E-state index in [-0.39, 0.29) is 17.9 Å². The Hall–Kier alpha value is -1.69. The van der Waals surface area contributed by atoms with Crippen LogP contribution in [-0.4, -0.2) is 41.3 Å². The lowest BCUT2D eigenvalue weighted by molar-refractivity contribution is -0.128. The van der Waals surface area contributed by atoms with Crippen LogP contribution in [-0.2, 0) is 4.79 Å². The van der Waals surface area contributed by atoms with Crippen molar-refractivity contribution in [3.8, 4) is 0 Å². The number of carbonyl (C=O) groups excluding carboxylic acids is 1. The Labute approximate surface area is 149 Å². The summed E-state index contributed by atoms with van der Waals surface area (Å²) < 4.78 is 0. The molecule has 0 aromatic carbocycles. The SMILES string of the molecule is NC1C2CCCC1CC(C(=O)NC1CCCN(c3cccnn3)C1)C2. The van der Waals surface area contributed by atoms with Gasteiger partial charge in [0, 0.05) is 37.3 Å². The molecule has 1 aromatic heterocycles. The third kappa shape index (κ3) is 3.64. The van der Waals surface area contributed by atoms with Gasteiger partial charge in [-0.1, -0.05) is 6.42 Å². The molecule has 0 radical (unpaired) electrons. The molecule has 1 saturated heterocycles. The molecule has 1 aromatic rings. The van der Waals surface area contributed by atoms with Crippen LogP contribution in [0.5, 0.6) is 0 Å². The number of piperidine rings is 1. The number of carbonyl (C=O) groups is 1. The van der Waals surface area contributed by atoms with Gasteiger partial charge in [0.15, 0.2) is 5.82 Å². The van der Waals surface area contributed by atoms with Gasteiger partial charge in [-0.05, 0) is 62.5 Å². The number of anilines is 1. The van der Waals surface area contributed by atoms with Crippen molar-refractivity contribution in [1.29, 1.82) is 0 Å². The molecule has 2 bridgehead atoms. The summed E-state index contributed by atoms with van der Waals surface area (Å²) in [6.07, 6.45) is 9.44. The molecule has 136 valence electrons. The summed E-state index contributed by atoms with van der Waals surface area (Å²) >= 11 is 0. The Morgan fingerprint density at radius 3 is 2.72 bits per heavy atom. The van der Waals surface area contributed by atoms with Crippen molar-refractivity contribution in [3.63, 3.8) is 0 Å². The molecule has 0 spiro atoms. The Kier molecular flexibility index (Phi) is 4.88. The van der Waals surface area contributed by atoms with Gasteiger partial charge < -0.3 is 16.0 Å². The normalized spacial score (nSPS) is 35.2. The fourth-order valence-electron chi connectivity index (χ4n) is 5.09. The predicted molar refractivity (Wildman–Crippen MR) is 96.9 cm³/mol. The molecule has 4 rings (SSSR count). The highest BCUT2D eigenvalue weighted by molar-refractivity contribution is 5.79. The lowest BCUT2D eigenvalue weighted by atomic mass is 9.65. The summed E-state index contributed by atoms with van der Waals surface area (Å²) in [5.74, 6) is 2.40. The van der Waals surface area contributed by atoms with Gasteiger partial charge >= 0.3 is 0 Å². The highest BCUT2D eigenvalue weighted by Crippen LogP contribution is 2.42. The maximum Gasteiger partial charge on any atom is 0.223 e. The summed E-state index contributed by atoms with van der Waals surface area (Å²) in [5, 5.41) is 11.5. The maximum absolute atomic E-state index is 12.8. The van der Waals surface area contributed by atoms with Gasteiger partial charge in [0.25, 0.3) is 0 Å². The smallest absolute Gasteiger partial charge is 0.223 e. The molecule has 25 heavy (non-hydrogen) atoms. The molecule has 3 atom stereocenters.